The number of carbonyl (C=O) groups excluding carboxylic acids is 1. The van der Waals surface area contributed by atoms with Gasteiger partial charge in [0.1, 0.15) is 0 Å². The number of rotatable bonds is 5. The molecule has 0 amide bonds. The number of esters is 1. The number of nitrogens with zero attached hydrogens (tertiary/aromatic N) is 3. The molecule has 7 heteroatoms. The molecule has 5 nitrogen and oxygen atoms in total. The number of thiazole rings is 1. The van der Waals surface area contributed by atoms with Gasteiger partial charge in [0.2, 0.25) is 0 Å². The highest BCUT2D eigenvalue weighted by Gasteiger charge is 2.25. The van der Waals surface area contributed by atoms with E-state index in [1.165, 1.54) is 65.0 Å². The van der Waals surface area contributed by atoms with Crippen molar-refractivity contribution in [3.63, 3.8) is 0 Å². The van der Waals surface area contributed by atoms with Gasteiger partial charge in [0.05, 0.1) is 23.4 Å². The maximum Gasteiger partial charge on any atom is 0.357 e. The smallest absolute Gasteiger partial charge is 0.357 e. The average Bonchev–Trinajstić information content (AvgIpc) is 3.47. The summed E-state index contributed by atoms with van der Waals surface area (Å²) in [7, 11) is 0. The zero-order valence-electron chi connectivity index (χ0n) is 15.7. The third-order valence-corrected chi connectivity index (χ3v) is 7.29. The molecule has 0 N–H and O–H groups in total. The van der Waals surface area contributed by atoms with Gasteiger partial charge in [-0.15, -0.1) is 11.3 Å². The van der Waals surface area contributed by atoms with E-state index >= 15 is 0 Å². The van der Waals surface area contributed by atoms with Crippen molar-refractivity contribution < 1.29 is 9.53 Å². The standard InChI is InChI=1S/C21H21N3O2S2/c1-2-26-20(25)18-12-27-21(23-18)28-15-10-22-24(11-15)19-16-7-3-5-13(16)9-14-6-4-8-17(14)19/h9-12H,2-8H2,1H3. The molecule has 0 radical (unpaired) electrons. The van der Waals surface area contributed by atoms with Gasteiger partial charge < -0.3 is 4.74 Å². The lowest BCUT2D eigenvalue weighted by Crippen LogP contribution is -2.05. The first kappa shape index (κ1) is 17.9. The maximum atomic E-state index is 11.8. The number of ether oxygens (including phenoxy) is 1. The van der Waals surface area contributed by atoms with Gasteiger partial charge in [-0.3, -0.25) is 0 Å². The van der Waals surface area contributed by atoms with Gasteiger partial charge in [0.15, 0.2) is 10.0 Å². The van der Waals surface area contributed by atoms with E-state index in [2.05, 4.69) is 21.9 Å². The van der Waals surface area contributed by atoms with Crippen LogP contribution < -0.4 is 0 Å². The minimum Gasteiger partial charge on any atom is -0.461 e. The van der Waals surface area contributed by atoms with Gasteiger partial charge in [-0.2, -0.15) is 5.10 Å². The predicted octanol–water partition coefficient (Wildman–Crippen LogP) is 4.63. The van der Waals surface area contributed by atoms with Crippen LogP contribution >= 0.6 is 23.1 Å². The first-order chi connectivity index (χ1) is 13.7. The van der Waals surface area contributed by atoms with Crippen molar-refractivity contribution in [1.29, 1.82) is 0 Å². The van der Waals surface area contributed by atoms with Crippen molar-refractivity contribution in [1.82, 2.24) is 14.8 Å². The Kier molecular flexibility index (Phi) is 4.72. The Balaban J connectivity index is 1.43. The summed E-state index contributed by atoms with van der Waals surface area (Å²) in [5.41, 5.74) is 7.69. The fraction of sp³-hybridized carbons (Fsp3) is 0.381. The van der Waals surface area contributed by atoms with Crippen LogP contribution in [0, 0.1) is 0 Å². The fourth-order valence-corrected chi connectivity index (χ4v) is 5.98. The Labute approximate surface area is 172 Å². The molecule has 0 aliphatic heterocycles. The second-order valence-corrected chi connectivity index (χ2v) is 9.33. The van der Waals surface area contributed by atoms with Crippen LogP contribution in [0.3, 0.4) is 0 Å². The molecule has 0 fully saturated rings. The van der Waals surface area contributed by atoms with Crippen molar-refractivity contribution in [3.05, 3.63) is 51.8 Å². The molecular formula is C21H21N3O2S2. The first-order valence-electron chi connectivity index (χ1n) is 9.75. The van der Waals surface area contributed by atoms with Gasteiger partial charge in [-0.25, -0.2) is 14.5 Å². The molecule has 0 saturated carbocycles. The highest BCUT2D eigenvalue weighted by Crippen LogP contribution is 2.38. The second kappa shape index (κ2) is 7.37. The number of benzene rings is 1. The summed E-state index contributed by atoms with van der Waals surface area (Å²) in [4.78, 5) is 17.2. The summed E-state index contributed by atoms with van der Waals surface area (Å²) >= 11 is 3.00. The van der Waals surface area contributed by atoms with Crippen molar-refractivity contribution in [2.75, 3.05) is 6.61 Å². The molecule has 0 spiro atoms. The van der Waals surface area contributed by atoms with Crippen LogP contribution in [0.25, 0.3) is 5.69 Å². The Morgan fingerprint density at radius 3 is 2.68 bits per heavy atom. The lowest BCUT2D eigenvalue weighted by molar-refractivity contribution is 0.0520. The Morgan fingerprint density at radius 2 is 1.96 bits per heavy atom. The molecule has 144 valence electrons. The number of hydrogen-bond acceptors (Lipinski definition) is 6. The van der Waals surface area contributed by atoms with E-state index in [9.17, 15) is 4.79 Å². The number of aromatic nitrogens is 3. The summed E-state index contributed by atoms with van der Waals surface area (Å²) in [5, 5.41) is 6.44. The van der Waals surface area contributed by atoms with Gasteiger partial charge in [-0.05, 0) is 67.7 Å². The molecule has 3 aromatic rings. The third-order valence-electron chi connectivity index (χ3n) is 5.40. The van der Waals surface area contributed by atoms with Crippen molar-refractivity contribution in [3.8, 4) is 5.69 Å². The van der Waals surface area contributed by atoms with Crippen molar-refractivity contribution in [2.45, 2.75) is 54.7 Å². The van der Waals surface area contributed by atoms with Crippen molar-refractivity contribution >= 4 is 29.1 Å². The molecule has 28 heavy (non-hydrogen) atoms. The molecule has 2 aliphatic carbocycles. The van der Waals surface area contributed by atoms with E-state index in [1.807, 2.05) is 6.20 Å². The molecule has 5 rings (SSSR count). The quantitative estimate of drug-likeness (QED) is 0.573. The van der Waals surface area contributed by atoms with E-state index in [0.717, 1.165) is 22.1 Å². The molecule has 2 aliphatic rings. The number of hydrogen-bond donors (Lipinski definition) is 0. The van der Waals surface area contributed by atoms with Crippen LogP contribution in [-0.2, 0) is 30.4 Å². The minimum atomic E-state index is -0.364. The van der Waals surface area contributed by atoms with E-state index in [-0.39, 0.29) is 5.97 Å². The number of fused-ring (bicyclic) bond motifs is 2. The van der Waals surface area contributed by atoms with Crippen molar-refractivity contribution in [2.24, 2.45) is 0 Å². The summed E-state index contributed by atoms with van der Waals surface area (Å²) in [5.74, 6) is -0.364. The predicted molar refractivity (Wildman–Crippen MR) is 110 cm³/mol. The van der Waals surface area contributed by atoms with Gasteiger partial charge in [0.25, 0.3) is 0 Å². The summed E-state index contributed by atoms with van der Waals surface area (Å²) in [6.45, 7) is 2.16. The van der Waals surface area contributed by atoms with Crippen LogP contribution in [0.1, 0.15) is 52.5 Å². The molecule has 2 heterocycles. The molecule has 2 aromatic heterocycles. The number of carbonyl (C=O) groups is 1. The van der Waals surface area contributed by atoms with E-state index in [4.69, 9.17) is 9.84 Å². The summed E-state index contributed by atoms with van der Waals surface area (Å²) < 4.78 is 7.91. The highest BCUT2D eigenvalue weighted by molar-refractivity contribution is 8.01. The largest absolute Gasteiger partial charge is 0.461 e. The van der Waals surface area contributed by atoms with Crippen LogP contribution in [0.15, 0.2) is 33.1 Å². The fourth-order valence-electron chi connectivity index (χ4n) is 4.25. The zero-order valence-corrected chi connectivity index (χ0v) is 17.4. The summed E-state index contributed by atoms with van der Waals surface area (Å²) in [6.07, 6.45) is 11.1. The molecular weight excluding hydrogens is 390 g/mol. The highest BCUT2D eigenvalue weighted by atomic mass is 32.2. The van der Waals surface area contributed by atoms with Crippen LogP contribution in [-0.4, -0.2) is 27.3 Å². The normalized spacial score (nSPS) is 14.9. The Hall–Kier alpha value is -2.12. The average molecular weight is 412 g/mol. The maximum absolute atomic E-state index is 11.8. The molecule has 1 aromatic carbocycles. The number of aryl methyl sites for hydroxylation is 2. The second-order valence-electron chi connectivity index (χ2n) is 7.15. The van der Waals surface area contributed by atoms with E-state index in [1.54, 1.807) is 24.1 Å². The lowest BCUT2D eigenvalue weighted by atomic mass is 9.99. The van der Waals surface area contributed by atoms with Crippen LogP contribution in [0.2, 0.25) is 0 Å². The first-order valence-corrected chi connectivity index (χ1v) is 11.4. The monoisotopic (exact) mass is 411 g/mol. The molecule has 0 saturated heterocycles. The van der Waals surface area contributed by atoms with E-state index < -0.39 is 0 Å². The minimum absolute atomic E-state index is 0.358. The Bertz CT molecular complexity index is 1020. The topological polar surface area (TPSA) is 57.0 Å². The van der Waals surface area contributed by atoms with Gasteiger partial charge in [-0.1, -0.05) is 17.8 Å². The van der Waals surface area contributed by atoms with E-state index in [0.29, 0.717) is 12.3 Å². The molecule has 0 atom stereocenters. The summed E-state index contributed by atoms with van der Waals surface area (Å²) in [6, 6.07) is 2.44. The molecule has 0 bridgehead atoms. The van der Waals surface area contributed by atoms with Gasteiger partial charge in [0, 0.05) is 11.6 Å². The molecule has 0 unspecified atom stereocenters. The SMILES string of the molecule is CCOC(=O)c1csc(Sc2cnn(-c3c4c(cc5c3CCC5)CCC4)c2)n1. The van der Waals surface area contributed by atoms with Crippen LogP contribution in [0.4, 0.5) is 0 Å². The zero-order chi connectivity index (χ0) is 19.1. The van der Waals surface area contributed by atoms with Gasteiger partial charge >= 0.3 is 5.97 Å². The third kappa shape index (κ3) is 3.16. The van der Waals surface area contributed by atoms with Crippen LogP contribution in [0.5, 0.6) is 0 Å². The Morgan fingerprint density at radius 1 is 1.21 bits per heavy atom. The lowest BCUT2D eigenvalue weighted by Gasteiger charge is -2.14.